The van der Waals surface area contributed by atoms with E-state index in [1.54, 1.807) is 24.3 Å². The van der Waals surface area contributed by atoms with Gasteiger partial charge in [-0.15, -0.1) is 0 Å². The lowest BCUT2D eigenvalue weighted by Crippen LogP contribution is -1.91. The number of halogens is 2. The first-order valence-corrected chi connectivity index (χ1v) is 11.8. The summed E-state index contributed by atoms with van der Waals surface area (Å²) in [4.78, 5) is 6.16. The van der Waals surface area contributed by atoms with E-state index in [1.807, 2.05) is 72.8 Å². The number of nitrogens with zero attached hydrogens (tertiary/aromatic N) is 4. The third kappa shape index (κ3) is 9.51. The smallest absolute Gasteiger partial charge is 0.386 e. The Balaban J connectivity index is 0.000000208. The fourth-order valence-corrected chi connectivity index (χ4v) is 3.40. The van der Waals surface area contributed by atoms with E-state index < -0.39 is 10.4 Å². The maximum absolute atomic E-state index is 8.59. The molecule has 11 heteroatoms. The molecule has 0 atom stereocenters. The summed E-state index contributed by atoms with van der Waals surface area (Å²) in [6.45, 7) is 0. The van der Waals surface area contributed by atoms with Crippen LogP contribution in [-0.2, 0) is 10.4 Å². The van der Waals surface area contributed by atoms with E-state index in [0.29, 0.717) is 21.4 Å². The fourth-order valence-electron chi connectivity index (χ4n) is 2.84. The van der Waals surface area contributed by atoms with Crippen molar-refractivity contribution in [3.05, 3.63) is 117 Å². The molecule has 176 valence electrons. The molecule has 0 heterocycles. The van der Waals surface area contributed by atoms with Crippen LogP contribution in [0.4, 0.5) is 11.4 Å². The van der Waals surface area contributed by atoms with Crippen molar-refractivity contribution in [1.82, 2.24) is 0 Å². The van der Waals surface area contributed by atoms with Crippen molar-refractivity contribution >= 4 is 45.0 Å². The molecular formula is C24H16Cl2N4O4S. The maximum Gasteiger partial charge on any atom is 0.386 e. The Morgan fingerprint density at radius 2 is 0.914 bits per heavy atom. The molecule has 0 radical (unpaired) electrons. The Kier molecular flexibility index (Phi) is 10.3. The van der Waals surface area contributed by atoms with Crippen LogP contribution in [0.5, 0.6) is 0 Å². The molecule has 4 aromatic carbocycles. The van der Waals surface area contributed by atoms with E-state index in [9.17, 15) is 0 Å². The molecule has 0 spiro atoms. The van der Waals surface area contributed by atoms with Crippen molar-refractivity contribution in [3.63, 3.8) is 0 Å². The Bertz CT molecular complexity index is 1360. The van der Waals surface area contributed by atoms with Gasteiger partial charge in [0.2, 0.25) is 10.8 Å². The second-order valence-electron chi connectivity index (χ2n) is 6.67. The molecule has 0 saturated heterocycles. The molecule has 0 aliphatic carbocycles. The van der Waals surface area contributed by atoms with E-state index in [-0.39, 0.29) is 0 Å². The maximum atomic E-state index is 8.59. The van der Waals surface area contributed by atoms with Gasteiger partial charge in [0.15, 0.2) is 9.95 Å². The van der Waals surface area contributed by atoms with Crippen LogP contribution in [0, 0.1) is 10.8 Å². The van der Waals surface area contributed by atoms with Crippen molar-refractivity contribution in [2.75, 3.05) is 0 Å². The van der Waals surface area contributed by atoms with E-state index in [4.69, 9.17) is 51.5 Å². The van der Waals surface area contributed by atoms with Crippen LogP contribution in [0.15, 0.2) is 97.1 Å². The van der Waals surface area contributed by atoms with Gasteiger partial charge in [0.1, 0.15) is 0 Å². The third-order valence-electron chi connectivity index (χ3n) is 4.31. The summed E-state index contributed by atoms with van der Waals surface area (Å²) in [6.07, 6.45) is 0. The molecule has 0 unspecified atom stereocenters. The second-order valence-corrected chi connectivity index (χ2v) is 8.30. The van der Waals surface area contributed by atoms with E-state index >= 15 is 0 Å². The highest BCUT2D eigenvalue weighted by molar-refractivity contribution is 7.79. The van der Waals surface area contributed by atoms with Gasteiger partial charge in [-0.25, -0.2) is 0 Å². The van der Waals surface area contributed by atoms with Crippen LogP contribution in [0.1, 0.15) is 0 Å². The highest BCUT2D eigenvalue weighted by Crippen LogP contribution is 2.32. The van der Waals surface area contributed by atoms with Crippen molar-refractivity contribution in [2.45, 2.75) is 0 Å². The number of rotatable bonds is 2. The van der Waals surface area contributed by atoms with Gasteiger partial charge in [-0.05, 0) is 23.3 Å². The van der Waals surface area contributed by atoms with E-state index in [0.717, 1.165) is 22.3 Å². The number of hydrogen-bond donors (Lipinski definition) is 0. The van der Waals surface area contributed by atoms with Gasteiger partial charge < -0.3 is 9.11 Å². The molecule has 0 aromatic heterocycles. The SMILES string of the molecule is N#[N+]c1ccc(-c2ccccc2)c(Cl)c1.N#[N+]c1ccc(-c2ccccc2)c(Cl)c1.O=S(=O)([O-])[O-]. The second kappa shape index (κ2) is 13.2. The average Bonchev–Trinajstić information content (AvgIpc) is 2.84. The van der Waals surface area contributed by atoms with Crippen molar-refractivity contribution < 1.29 is 17.5 Å². The number of diazo groups is 2. The molecule has 4 aromatic rings. The summed E-state index contributed by atoms with van der Waals surface area (Å²) in [7, 11) is -5.17. The summed E-state index contributed by atoms with van der Waals surface area (Å²) in [5, 5.41) is 18.3. The van der Waals surface area contributed by atoms with Crippen LogP contribution in [0.3, 0.4) is 0 Å². The van der Waals surface area contributed by atoms with Crippen molar-refractivity contribution in [1.29, 1.82) is 10.8 Å². The first kappa shape index (κ1) is 27.4. The first-order valence-electron chi connectivity index (χ1n) is 9.69. The lowest BCUT2D eigenvalue weighted by molar-refractivity contribution is 0.352. The molecular weight excluding hydrogens is 511 g/mol. The standard InChI is InChI=1S/2C12H8ClN2.H2O4S/c2*13-12-8-10(15-14)6-7-11(12)9-4-2-1-3-5-9;1-5(2,3)4/h2*1-8H;(H2,1,2,3,4)/q2*+1;/p-2. The van der Waals surface area contributed by atoms with Crippen LogP contribution >= 0.6 is 23.2 Å². The molecule has 8 nitrogen and oxygen atoms in total. The highest BCUT2D eigenvalue weighted by atomic mass is 35.5. The van der Waals surface area contributed by atoms with Crippen molar-refractivity contribution in [3.8, 4) is 22.3 Å². The average molecular weight is 527 g/mol. The fraction of sp³-hybridized carbons (Fsp3) is 0. The zero-order chi connectivity index (χ0) is 25.8. The van der Waals surface area contributed by atoms with E-state index in [2.05, 4.69) is 9.95 Å². The van der Waals surface area contributed by atoms with Crippen LogP contribution in [-0.4, -0.2) is 17.5 Å². The molecule has 0 aliphatic rings. The van der Waals surface area contributed by atoms with Gasteiger partial charge in [0.25, 0.3) is 0 Å². The van der Waals surface area contributed by atoms with Crippen LogP contribution < -0.4 is 0 Å². The number of benzene rings is 4. The van der Waals surface area contributed by atoms with Gasteiger partial charge in [-0.3, -0.25) is 8.42 Å². The molecule has 0 bridgehead atoms. The molecule has 0 fully saturated rings. The summed E-state index contributed by atoms with van der Waals surface area (Å²) >= 11 is 12.1. The monoisotopic (exact) mass is 526 g/mol. The minimum absolute atomic E-state index is 0.458. The van der Waals surface area contributed by atoms with Gasteiger partial charge in [-0.2, -0.15) is 0 Å². The minimum Gasteiger partial charge on any atom is -0.759 e. The zero-order valence-corrected chi connectivity index (χ0v) is 20.2. The third-order valence-corrected chi connectivity index (χ3v) is 4.93. The van der Waals surface area contributed by atoms with Gasteiger partial charge in [0, 0.05) is 33.7 Å². The highest BCUT2D eigenvalue weighted by Gasteiger charge is 2.10. The number of hydrogen-bond acceptors (Lipinski definition) is 6. The molecule has 0 aliphatic heterocycles. The predicted molar refractivity (Wildman–Crippen MR) is 134 cm³/mol. The molecule has 0 saturated carbocycles. The topological polar surface area (TPSA) is 137 Å². The summed E-state index contributed by atoms with van der Waals surface area (Å²) < 4.78 is 34.1. The van der Waals surface area contributed by atoms with Gasteiger partial charge in [-0.1, -0.05) is 83.9 Å². The Labute approximate surface area is 212 Å². The Morgan fingerprint density at radius 1 is 0.600 bits per heavy atom. The Hall–Kier alpha value is -3.83. The lowest BCUT2D eigenvalue weighted by atomic mass is 10.1. The van der Waals surface area contributed by atoms with Crippen LogP contribution in [0.2, 0.25) is 10.0 Å². The quantitative estimate of drug-likeness (QED) is 0.149. The first-order chi connectivity index (χ1) is 16.6. The van der Waals surface area contributed by atoms with Crippen LogP contribution in [0.25, 0.3) is 32.2 Å². The molecule has 4 rings (SSSR count). The largest absolute Gasteiger partial charge is 0.759 e. The van der Waals surface area contributed by atoms with Gasteiger partial charge >= 0.3 is 11.4 Å². The van der Waals surface area contributed by atoms with E-state index in [1.165, 1.54) is 0 Å². The molecule has 0 amide bonds. The zero-order valence-electron chi connectivity index (χ0n) is 17.8. The minimum atomic E-state index is -5.17. The summed E-state index contributed by atoms with van der Waals surface area (Å²) in [5.74, 6) is 0. The Morgan fingerprint density at radius 3 is 1.17 bits per heavy atom. The summed E-state index contributed by atoms with van der Waals surface area (Å²) in [5.41, 5.74) is 4.88. The lowest BCUT2D eigenvalue weighted by Gasteiger charge is -2.06. The predicted octanol–water partition coefficient (Wildman–Crippen LogP) is 7.65. The summed E-state index contributed by atoms with van der Waals surface area (Å²) in [6, 6.07) is 30.0. The van der Waals surface area contributed by atoms with Gasteiger partial charge in [0.05, 0.1) is 22.2 Å². The molecule has 35 heavy (non-hydrogen) atoms. The molecule has 0 N–H and O–H groups in total. The normalized spacial score (nSPS) is 9.89. The van der Waals surface area contributed by atoms with Crippen molar-refractivity contribution in [2.24, 2.45) is 0 Å².